The van der Waals surface area contributed by atoms with Crippen molar-refractivity contribution in [3.8, 4) is 17.2 Å². The minimum atomic E-state index is -0.551. The van der Waals surface area contributed by atoms with E-state index in [1.807, 2.05) is 66.9 Å². The van der Waals surface area contributed by atoms with Crippen LogP contribution in [-0.2, 0) is 20.9 Å². The Morgan fingerprint density at radius 3 is 2.27 bits per heavy atom. The highest BCUT2D eigenvalue weighted by Crippen LogP contribution is 2.35. The molecule has 0 atom stereocenters. The number of amides is 1. The number of hydrogen-bond donors (Lipinski definition) is 0. The third-order valence-corrected chi connectivity index (χ3v) is 6.86. The fourth-order valence-electron chi connectivity index (χ4n) is 4.61. The van der Waals surface area contributed by atoms with E-state index in [1.165, 1.54) is 7.11 Å². The van der Waals surface area contributed by atoms with E-state index in [4.69, 9.17) is 25.8 Å². The van der Waals surface area contributed by atoms with Crippen LogP contribution < -0.4 is 9.47 Å². The predicted octanol–water partition coefficient (Wildman–Crippen LogP) is 5.64. The van der Waals surface area contributed by atoms with Crippen molar-refractivity contribution in [1.82, 2.24) is 9.47 Å². The van der Waals surface area contributed by atoms with Crippen LogP contribution in [0.2, 0.25) is 5.02 Å². The molecule has 2 heterocycles. The minimum absolute atomic E-state index is 0.258. The Labute approximate surface area is 221 Å². The quantitative estimate of drug-likeness (QED) is 0.298. The summed E-state index contributed by atoms with van der Waals surface area (Å²) >= 11 is 6.37. The highest BCUT2D eigenvalue weighted by Gasteiger charge is 2.37. The van der Waals surface area contributed by atoms with Crippen LogP contribution in [-0.4, -0.2) is 42.7 Å². The number of halogens is 1. The fraction of sp³-hybridized carbons (Fsp3) is 0.241. The number of methoxy groups -OCH3 is 3. The number of nitrogens with zero attached hydrogens (tertiary/aromatic N) is 2. The van der Waals surface area contributed by atoms with Crippen molar-refractivity contribution in [1.29, 1.82) is 0 Å². The molecule has 0 saturated heterocycles. The molecule has 37 heavy (non-hydrogen) atoms. The number of aryl methyl sites for hydroxylation is 1. The Balaban J connectivity index is 1.75. The lowest BCUT2D eigenvalue weighted by atomic mass is 10.0. The van der Waals surface area contributed by atoms with Crippen LogP contribution in [0.1, 0.15) is 29.4 Å². The highest BCUT2D eigenvalue weighted by molar-refractivity contribution is 6.32. The van der Waals surface area contributed by atoms with Gasteiger partial charge in [-0.1, -0.05) is 23.7 Å². The number of ether oxygens (including phenoxy) is 3. The van der Waals surface area contributed by atoms with E-state index in [0.717, 1.165) is 34.0 Å². The normalized spacial score (nSPS) is 14.5. The van der Waals surface area contributed by atoms with Crippen molar-refractivity contribution < 1.29 is 23.8 Å². The highest BCUT2D eigenvalue weighted by atomic mass is 35.5. The molecule has 0 bridgehead atoms. The van der Waals surface area contributed by atoms with Crippen LogP contribution in [0.15, 0.2) is 65.4 Å². The van der Waals surface area contributed by atoms with Crippen molar-refractivity contribution in [2.75, 3.05) is 21.3 Å². The molecule has 1 amide bonds. The Morgan fingerprint density at radius 2 is 1.68 bits per heavy atom. The minimum Gasteiger partial charge on any atom is -0.497 e. The average molecular weight is 521 g/mol. The molecule has 0 aliphatic carbocycles. The lowest BCUT2D eigenvalue weighted by Crippen LogP contribution is -2.24. The molecule has 0 spiro atoms. The smallest absolute Gasteiger partial charge is 0.340 e. The number of carbonyl (C=O) groups excluding carboxylic acids is 2. The van der Waals surface area contributed by atoms with Gasteiger partial charge in [0.2, 0.25) is 0 Å². The van der Waals surface area contributed by atoms with Crippen LogP contribution >= 0.6 is 11.6 Å². The molecular formula is C29H29ClN2O5. The number of benzene rings is 2. The van der Waals surface area contributed by atoms with Gasteiger partial charge in [-0.25, -0.2) is 4.79 Å². The Bertz CT molecular complexity index is 1430. The van der Waals surface area contributed by atoms with Gasteiger partial charge >= 0.3 is 5.97 Å². The molecule has 3 aromatic rings. The van der Waals surface area contributed by atoms with E-state index in [1.54, 1.807) is 32.1 Å². The van der Waals surface area contributed by atoms with Crippen LogP contribution in [0.3, 0.4) is 0 Å². The lowest BCUT2D eigenvalue weighted by Gasteiger charge is -2.18. The van der Waals surface area contributed by atoms with E-state index < -0.39 is 5.97 Å². The Morgan fingerprint density at radius 1 is 0.973 bits per heavy atom. The van der Waals surface area contributed by atoms with Crippen molar-refractivity contribution in [3.05, 3.63) is 92.9 Å². The summed E-state index contributed by atoms with van der Waals surface area (Å²) in [6.45, 7) is 6.01. The summed E-state index contributed by atoms with van der Waals surface area (Å²) in [5.41, 5.74) is 5.55. The number of rotatable bonds is 7. The van der Waals surface area contributed by atoms with Gasteiger partial charge in [-0.2, -0.15) is 0 Å². The van der Waals surface area contributed by atoms with Crippen molar-refractivity contribution in [2.45, 2.75) is 27.3 Å². The van der Waals surface area contributed by atoms with Gasteiger partial charge < -0.3 is 23.7 Å². The summed E-state index contributed by atoms with van der Waals surface area (Å²) in [4.78, 5) is 28.0. The monoisotopic (exact) mass is 520 g/mol. The molecule has 7 nitrogen and oxygen atoms in total. The van der Waals surface area contributed by atoms with Crippen molar-refractivity contribution in [3.63, 3.8) is 0 Å². The maximum Gasteiger partial charge on any atom is 0.340 e. The first-order valence-electron chi connectivity index (χ1n) is 11.7. The van der Waals surface area contributed by atoms with Crippen LogP contribution in [0, 0.1) is 13.8 Å². The molecule has 0 N–H and O–H groups in total. The van der Waals surface area contributed by atoms with Gasteiger partial charge in [0, 0.05) is 22.8 Å². The third-order valence-electron chi connectivity index (χ3n) is 6.56. The van der Waals surface area contributed by atoms with Crippen molar-refractivity contribution >= 4 is 29.6 Å². The zero-order valence-corrected chi connectivity index (χ0v) is 22.5. The molecule has 2 aromatic carbocycles. The molecule has 0 radical (unpaired) electrons. The first-order chi connectivity index (χ1) is 17.7. The second kappa shape index (κ2) is 10.6. The first kappa shape index (κ1) is 26.1. The van der Waals surface area contributed by atoms with Gasteiger partial charge in [0.05, 0.1) is 44.0 Å². The van der Waals surface area contributed by atoms with Gasteiger partial charge in [-0.15, -0.1) is 0 Å². The molecule has 0 unspecified atom stereocenters. The van der Waals surface area contributed by atoms with Gasteiger partial charge in [-0.05, 0) is 74.4 Å². The summed E-state index contributed by atoms with van der Waals surface area (Å²) in [7, 11) is 4.49. The van der Waals surface area contributed by atoms with E-state index >= 15 is 0 Å². The molecule has 1 aliphatic rings. The molecular weight excluding hydrogens is 492 g/mol. The Hall–Kier alpha value is -3.97. The van der Waals surface area contributed by atoms with Crippen LogP contribution in [0.4, 0.5) is 0 Å². The van der Waals surface area contributed by atoms with Crippen LogP contribution in [0.25, 0.3) is 11.8 Å². The molecule has 0 fully saturated rings. The fourth-order valence-corrected chi connectivity index (χ4v) is 4.86. The molecule has 0 saturated carbocycles. The van der Waals surface area contributed by atoms with E-state index in [0.29, 0.717) is 28.6 Å². The number of esters is 1. The second-order valence-electron chi connectivity index (χ2n) is 8.73. The standard InChI is InChI=1S/C29H29ClN2O5/c1-17-13-21(18(2)32(17)22-9-12-26(36-5)25(30)15-22)14-24-27(29(34)37-6)19(3)31(28(24)33)16-20-7-10-23(35-4)11-8-20/h7-15H,16H2,1-6H3/b24-14-. The first-order valence-corrected chi connectivity index (χ1v) is 12.1. The summed E-state index contributed by atoms with van der Waals surface area (Å²) in [5.74, 6) is 0.510. The summed E-state index contributed by atoms with van der Waals surface area (Å²) < 4.78 is 17.6. The van der Waals surface area contributed by atoms with Gasteiger partial charge in [0.25, 0.3) is 5.91 Å². The topological polar surface area (TPSA) is 70.0 Å². The largest absolute Gasteiger partial charge is 0.497 e. The predicted molar refractivity (Wildman–Crippen MR) is 143 cm³/mol. The second-order valence-corrected chi connectivity index (χ2v) is 9.14. The van der Waals surface area contributed by atoms with E-state index in [-0.39, 0.29) is 11.5 Å². The number of hydrogen-bond acceptors (Lipinski definition) is 5. The van der Waals surface area contributed by atoms with E-state index in [2.05, 4.69) is 0 Å². The number of aromatic nitrogens is 1. The SMILES string of the molecule is COC(=O)C1=C(C)N(Cc2ccc(OC)cc2)C(=O)/C1=C\c1cc(C)n(-c2ccc(OC)c(Cl)c2)c1C. The zero-order valence-electron chi connectivity index (χ0n) is 21.7. The molecule has 8 heteroatoms. The summed E-state index contributed by atoms with van der Waals surface area (Å²) in [5, 5.41) is 0.499. The average Bonchev–Trinajstić information content (AvgIpc) is 3.30. The number of allylic oxidation sites excluding steroid dienone is 1. The summed E-state index contributed by atoms with van der Waals surface area (Å²) in [6.07, 6.45) is 1.76. The summed E-state index contributed by atoms with van der Waals surface area (Å²) in [6, 6.07) is 15.0. The van der Waals surface area contributed by atoms with E-state index in [9.17, 15) is 9.59 Å². The zero-order chi connectivity index (χ0) is 26.9. The van der Waals surface area contributed by atoms with Crippen molar-refractivity contribution in [2.24, 2.45) is 0 Å². The number of carbonyl (C=O) groups is 2. The van der Waals surface area contributed by atoms with Gasteiger partial charge in [0.1, 0.15) is 11.5 Å². The molecule has 4 rings (SSSR count). The Kier molecular flexibility index (Phi) is 7.45. The van der Waals surface area contributed by atoms with Crippen LogP contribution in [0.5, 0.6) is 11.5 Å². The molecule has 1 aliphatic heterocycles. The third kappa shape index (κ3) is 4.87. The van der Waals surface area contributed by atoms with Gasteiger partial charge in [-0.3, -0.25) is 4.79 Å². The maximum atomic E-state index is 13.6. The molecule has 192 valence electrons. The lowest BCUT2D eigenvalue weighted by molar-refractivity contribution is -0.136. The van der Waals surface area contributed by atoms with Gasteiger partial charge in [0.15, 0.2) is 0 Å². The molecule has 1 aromatic heterocycles. The maximum absolute atomic E-state index is 13.6.